The molecule has 0 aliphatic carbocycles. The first-order valence-corrected chi connectivity index (χ1v) is 9.57. The van der Waals surface area contributed by atoms with Crippen molar-refractivity contribution in [1.29, 1.82) is 0 Å². The van der Waals surface area contributed by atoms with Gasteiger partial charge in [-0.1, -0.05) is 58.4 Å². The van der Waals surface area contributed by atoms with Gasteiger partial charge in [0.05, 0.1) is 0 Å². The molecule has 0 fully saturated rings. The Kier molecular flexibility index (Phi) is 10.2. The molecule has 25 heavy (non-hydrogen) atoms. The quantitative estimate of drug-likeness (QED) is 0.306. The van der Waals surface area contributed by atoms with E-state index in [-0.39, 0.29) is 5.92 Å². The minimum absolute atomic E-state index is 0.0265. The lowest BCUT2D eigenvalue weighted by molar-refractivity contribution is -0.243. The van der Waals surface area contributed by atoms with Crippen LogP contribution in [-0.4, -0.2) is 20.0 Å². The molecule has 1 aromatic carbocycles. The lowest BCUT2D eigenvalue weighted by Crippen LogP contribution is -2.42. The molecule has 0 heterocycles. The molecule has 1 unspecified atom stereocenters. The predicted molar refractivity (Wildman–Crippen MR) is 98.6 cm³/mol. The fraction of sp³-hybridized carbons (Fsp3) is 0.714. The normalized spacial score (nSPS) is 13.2. The van der Waals surface area contributed by atoms with Crippen LogP contribution in [0.3, 0.4) is 0 Å². The summed E-state index contributed by atoms with van der Waals surface area (Å²) in [4.78, 5) is 0. The molecule has 2 nitrogen and oxygen atoms in total. The maximum Gasteiger partial charge on any atom is 0.170 e. The molecule has 0 aliphatic heterocycles. The van der Waals surface area contributed by atoms with Crippen LogP contribution in [0.15, 0.2) is 18.2 Å². The first-order chi connectivity index (χ1) is 12.0. The first-order valence-electron chi connectivity index (χ1n) is 9.57. The van der Waals surface area contributed by atoms with Crippen LogP contribution in [0.2, 0.25) is 0 Å². The summed E-state index contributed by atoms with van der Waals surface area (Å²) in [6, 6.07) is 3.79. The average Bonchev–Trinajstić information content (AvgIpc) is 2.61. The van der Waals surface area contributed by atoms with Gasteiger partial charge in [0.2, 0.25) is 0 Å². The van der Waals surface area contributed by atoms with Crippen LogP contribution in [0.1, 0.15) is 70.8 Å². The van der Waals surface area contributed by atoms with E-state index in [0.717, 1.165) is 25.3 Å². The van der Waals surface area contributed by atoms with Crippen molar-refractivity contribution in [3.63, 3.8) is 0 Å². The van der Waals surface area contributed by atoms with Crippen LogP contribution in [0, 0.1) is 17.6 Å². The van der Waals surface area contributed by atoms with Gasteiger partial charge in [-0.2, -0.15) is 0 Å². The zero-order valence-electron chi connectivity index (χ0n) is 16.2. The Labute approximate surface area is 151 Å². The highest BCUT2D eigenvalue weighted by Gasteiger charge is 2.37. The van der Waals surface area contributed by atoms with Crippen molar-refractivity contribution in [2.24, 2.45) is 5.92 Å². The van der Waals surface area contributed by atoms with Gasteiger partial charge in [-0.05, 0) is 30.9 Å². The van der Waals surface area contributed by atoms with Crippen molar-refractivity contribution in [3.05, 3.63) is 35.4 Å². The van der Waals surface area contributed by atoms with Crippen molar-refractivity contribution in [2.45, 2.75) is 77.4 Å². The number of halogens is 2. The highest BCUT2D eigenvalue weighted by molar-refractivity contribution is 5.19. The summed E-state index contributed by atoms with van der Waals surface area (Å²) < 4.78 is 38.7. The Bertz CT molecular complexity index is 479. The summed E-state index contributed by atoms with van der Waals surface area (Å²) in [5, 5.41) is 0. The lowest BCUT2D eigenvalue weighted by Gasteiger charge is -2.38. The van der Waals surface area contributed by atoms with Crippen molar-refractivity contribution in [3.8, 4) is 0 Å². The molecule has 0 spiro atoms. The maximum atomic E-state index is 14.1. The third kappa shape index (κ3) is 6.67. The number of ether oxygens (including phenoxy) is 2. The number of rotatable bonds is 13. The lowest BCUT2D eigenvalue weighted by atomic mass is 9.84. The molecule has 0 aromatic heterocycles. The molecule has 4 heteroatoms. The standard InChI is InChI=1S/C21H34F2O2/c1-5-7-8-9-10-11-12-18(21(6-2,24-3)25-4)15-17-13-14-19(22)16-20(17)23/h13-14,16,18H,5-12,15H2,1-4H3. The SMILES string of the molecule is CCCCCCCCC(Cc1ccc(F)cc1F)C(CC)(OC)OC. The van der Waals surface area contributed by atoms with Crippen molar-refractivity contribution in [2.75, 3.05) is 14.2 Å². The van der Waals surface area contributed by atoms with Crippen molar-refractivity contribution >= 4 is 0 Å². The van der Waals surface area contributed by atoms with E-state index in [1.807, 2.05) is 6.92 Å². The minimum Gasteiger partial charge on any atom is -0.353 e. The van der Waals surface area contributed by atoms with Gasteiger partial charge in [0, 0.05) is 26.2 Å². The second-order valence-corrected chi connectivity index (χ2v) is 6.77. The van der Waals surface area contributed by atoms with Crippen molar-refractivity contribution < 1.29 is 18.3 Å². The van der Waals surface area contributed by atoms with Crippen LogP contribution in [0.25, 0.3) is 0 Å². The molecule has 1 aromatic rings. The molecular weight excluding hydrogens is 322 g/mol. The van der Waals surface area contributed by atoms with E-state index >= 15 is 0 Å². The third-order valence-electron chi connectivity index (χ3n) is 5.19. The molecule has 0 bridgehead atoms. The molecular formula is C21H34F2O2. The van der Waals surface area contributed by atoms with E-state index in [2.05, 4.69) is 6.92 Å². The Hall–Kier alpha value is -1.00. The highest BCUT2D eigenvalue weighted by Crippen LogP contribution is 2.34. The molecule has 0 amide bonds. The predicted octanol–water partition coefficient (Wildman–Crippen LogP) is 6.27. The van der Waals surface area contributed by atoms with Crippen LogP contribution < -0.4 is 0 Å². The number of hydrogen-bond donors (Lipinski definition) is 0. The van der Waals surface area contributed by atoms with Gasteiger partial charge in [-0.25, -0.2) is 8.78 Å². The van der Waals surface area contributed by atoms with E-state index in [1.165, 1.54) is 37.8 Å². The van der Waals surface area contributed by atoms with E-state index in [0.29, 0.717) is 18.4 Å². The van der Waals surface area contributed by atoms with Gasteiger partial charge in [0.1, 0.15) is 11.6 Å². The molecule has 0 saturated heterocycles. The minimum atomic E-state index is -0.732. The van der Waals surface area contributed by atoms with Crippen LogP contribution in [0.5, 0.6) is 0 Å². The zero-order valence-corrected chi connectivity index (χ0v) is 16.2. The summed E-state index contributed by atoms with van der Waals surface area (Å²) in [6.45, 7) is 4.22. The molecule has 0 aliphatic rings. The summed E-state index contributed by atoms with van der Waals surface area (Å²) in [5.74, 6) is -1.75. The van der Waals surface area contributed by atoms with Gasteiger partial charge in [-0.15, -0.1) is 0 Å². The van der Waals surface area contributed by atoms with Gasteiger partial charge >= 0.3 is 0 Å². The summed E-state index contributed by atoms with van der Waals surface area (Å²) in [5.41, 5.74) is 0.518. The molecule has 0 N–H and O–H groups in total. The van der Waals surface area contributed by atoms with Gasteiger partial charge in [0.15, 0.2) is 5.79 Å². The second kappa shape index (κ2) is 11.6. The topological polar surface area (TPSA) is 18.5 Å². The average molecular weight is 356 g/mol. The van der Waals surface area contributed by atoms with Gasteiger partial charge < -0.3 is 9.47 Å². The molecule has 0 radical (unpaired) electrons. The smallest absolute Gasteiger partial charge is 0.170 e. The molecule has 0 saturated carbocycles. The van der Waals surface area contributed by atoms with Crippen LogP contribution in [0.4, 0.5) is 8.78 Å². The number of benzene rings is 1. The third-order valence-corrected chi connectivity index (χ3v) is 5.19. The summed E-state index contributed by atoms with van der Waals surface area (Å²) in [6.07, 6.45) is 9.30. The first kappa shape index (κ1) is 22.0. The molecule has 1 atom stereocenters. The number of unbranched alkanes of at least 4 members (excludes halogenated alkanes) is 5. The summed E-state index contributed by atoms with van der Waals surface area (Å²) in [7, 11) is 3.28. The Balaban J connectivity index is 2.80. The monoisotopic (exact) mass is 356 g/mol. The molecule has 1 rings (SSSR count). The second-order valence-electron chi connectivity index (χ2n) is 6.77. The Morgan fingerprint density at radius 1 is 0.960 bits per heavy atom. The maximum absolute atomic E-state index is 14.1. The summed E-state index contributed by atoms with van der Waals surface area (Å²) >= 11 is 0. The van der Waals surface area contributed by atoms with E-state index in [4.69, 9.17) is 9.47 Å². The zero-order chi connectivity index (χ0) is 18.7. The Morgan fingerprint density at radius 2 is 1.60 bits per heavy atom. The van der Waals surface area contributed by atoms with Crippen LogP contribution in [-0.2, 0) is 15.9 Å². The van der Waals surface area contributed by atoms with E-state index in [9.17, 15) is 8.78 Å². The Morgan fingerprint density at radius 3 is 2.16 bits per heavy atom. The fourth-order valence-electron chi connectivity index (χ4n) is 3.60. The van der Waals surface area contributed by atoms with Crippen LogP contribution >= 0.6 is 0 Å². The van der Waals surface area contributed by atoms with Gasteiger partial charge in [-0.3, -0.25) is 0 Å². The highest BCUT2D eigenvalue weighted by atomic mass is 19.1. The molecule has 144 valence electrons. The van der Waals surface area contributed by atoms with E-state index in [1.54, 1.807) is 14.2 Å². The fourth-order valence-corrected chi connectivity index (χ4v) is 3.60. The van der Waals surface area contributed by atoms with Gasteiger partial charge in [0.25, 0.3) is 0 Å². The number of methoxy groups -OCH3 is 2. The van der Waals surface area contributed by atoms with E-state index < -0.39 is 17.4 Å². The number of hydrogen-bond acceptors (Lipinski definition) is 2. The van der Waals surface area contributed by atoms with Crippen molar-refractivity contribution in [1.82, 2.24) is 0 Å². The largest absolute Gasteiger partial charge is 0.353 e.